The van der Waals surface area contributed by atoms with Gasteiger partial charge in [0.25, 0.3) is 5.91 Å². The fourth-order valence-corrected chi connectivity index (χ4v) is 2.63. The molecule has 1 aliphatic heterocycles. The average molecular weight is 336 g/mol. The van der Waals surface area contributed by atoms with Crippen LogP contribution >= 0.6 is 0 Å². The largest absolute Gasteiger partial charge is 0.502 e. The Morgan fingerprint density at radius 2 is 2.04 bits per heavy atom. The number of phenolic OH excluding ortho intramolecular Hbond substituents is 1. The summed E-state index contributed by atoms with van der Waals surface area (Å²) < 4.78 is 5.33. The highest BCUT2D eigenvalue weighted by Crippen LogP contribution is 2.32. The molecule has 1 N–H and O–H groups in total. The van der Waals surface area contributed by atoms with Gasteiger partial charge in [-0.15, -0.1) is 0 Å². The van der Waals surface area contributed by atoms with E-state index in [0.717, 1.165) is 6.07 Å². The number of benzene rings is 1. The number of carbonyl (C=O) groups excluding carboxylic acids is 2. The fraction of sp³-hybridized carbons (Fsp3) is 0.500. The van der Waals surface area contributed by atoms with Crippen molar-refractivity contribution in [3.8, 4) is 5.75 Å². The number of aromatic hydroxyl groups is 1. The first-order chi connectivity index (χ1) is 11.1. The minimum absolute atomic E-state index is 0.195. The first-order valence-corrected chi connectivity index (χ1v) is 7.62. The van der Waals surface area contributed by atoms with Crippen LogP contribution in [0.5, 0.6) is 5.75 Å². The summed E-state index contributed by atoms with van der Waals surface area (Å²) in [7, 11) is 0. The molecule has 1 aromatic rings. The van der Waals surface area contributed by atoms with Crippen molar-refractivity contribution in [3.05, 3.63) is 33.9 Å². The standard InChI is InChI=1S/C16H20N2O6/c1-16(2,3)24-15(21)12-8-5-9-17(12)14(20)10-6-4-7-11(13(10)19)18(22)23/h4,6-7,12,19H,5,8-9H2,1-3H3. The van der Waals surface area contributed by atoms with Gasteiger partial charge < -0.3 is 14.7 Å². The Morgan fingerprint density at radius 1 is 1.38 bits per heavy atom. The third-order valence-corrected chi connectivity index (χ3v) is 3.63. The lowest BCUT2D eigenvalue weighted by Gasteiger charge is -2.27. The van der Waals surface area contributed by atoms with Crippen LogP contribution in [0.3, 0.4) is 0 Å². The number of phenols is 1. The molecule has 8 heteroatoms. The van der Waals surface area contributed by atoms with Crippen LogP contribution < -0.4 is 0 Å². The Balaban J connectivity index is 2.27. The molecule has 1 fully saturated rings. The molecular formula is C16H20N2O6. The lowest BCUT2D eigenvalue weighted by molar-refractivity contribution is -0.385. The maximum absolute atomic E-state index is 12.7. The summed E-state index contributed by atoms with van der Waals surface area (Å²) in [5.74, 6) is -1.83. The van der Waals surface area contributed by atoms with Crippen molar-refractivity contribution in [3.63, 3.8) is 0 Å². The van der Waals surface area contributed by atoms with Crippen LogP contribution in [-0.2, 0) is 9.53 Å². The van der Waals surface area contributed by atoms with Crippen molar-refractivity contribution in [1.82, 2.24) is 4.90 Å². The number of esters is 1. The molecular weight excluding hydrogens is 316 g/mol. The van der Waals surface area contributed by atoms with Crippen molar-refractivity contribution < 1.29 is 24.4 Å². The van der Waals surface area contributed by atoms with E-state index in [4.69, 9.17) is 4.74 Å². The summed E-state index contributed by atoms with van der Waals surface area (Å²) in [5, 5.41) is 20.9. The lowest BCUT2D eigenvalue weighted by atomic mass is 10.1. The number of nitrogens with zero attached hydrogens (tertiary/aromatic N) is 2. The smallest absolute Gasteiger partial charge is 0.329 e. The van der Waals surface area contributed by atoms with E-state index in [-0.39, 0.29) is 5.56 Å². The van der Waals surface area contributed by atoms with Gasteiger partial charge in [-0.1, -0.05) is 6.07 Å². The third kappa shape index (κ3) is 3.64. The Morgan fingerprint density at radius 3 is 2.62 bits per heavy atom. The predicted molar refractivity (Wildman–Crippen MR) is 84.7 cm³/mol. The van der Waals surface area contributed by atoms with Crippen LogP contribution in [0.2, 0.25) is 0 Å². The maximum Gasteiger partial charge on any atom is 0.329 e. The van der Waals surface area contributed by atoms with Gasteiger partial charge in [-0.2, -0.15) is 0 Å². The van der Waals surface area contributed by atoms with E-state index in [1.807, 2.05) is 0 Å². The van der Waals surface area contributed by atoms with Crippen molar-refractivity contribution in [2.75, 3.05) is 6.54 Å². The summed E-state index contributed by atoms with van der Waals surface area (Å²) >= 11 is 0. The van der Waals surface area contributed by atoms with Crippen LogP contribution in [0, 0.1) is 10.1 Å². The van der Waals surface area contributed by atoms with Crippen LogP contribution in [-0.4, -0.2) is 45.0 Å². The van der Waals surface area contributed by atoms with Gasteiger partial charge in [0.15, 0.2) is 0 Å². The molecule has 2 rings (SSSR count). The van der Waals surface area contributed by atoms with E-state index in [1.165, 1.54) is 17.0 Å². The SMILES string of the molecule is CC(C)(C)OC(=O)C1CCCN1C(=O)c1cccc([N+](=O)[O-])c1O. The number of carbonyl (C=O) groups is 2. The van der Waals surface area contributed by atoms with Crippen LogP contribution in [0.1, 0.15) is 44.0 Å². The number of amides is 1. The molecule has 130 valence electrons. The van der Waals surface area contributed by atoms with E-state index in [0.29, 0.717) is 19.4 Å². The summed E-state index contributed by atoms with van der Waals surface area (Å²) in [6.45, 7) is 5.53. The second-order valence-corrected chi connectivity index (χ2v) is 6.62. The highest BCUT2D eigenvalue weighted by molar-refractivity contribution is 6.00. The monoisotopic (exact) mass is 336 g/mol. The molecule has 1 unspecified atom stereocenters. The second kappa shape index (κ2) is 6.46. The molecule has 1 atom stereocenters. The fourth-order valence-electron chi connectivity index (χ4n) is 2.63. The van der Waals surface area contributed by atoms with E-state index in [9.17, 15) is 24.8 Å². The van der Waals surface area contributed by atoms with Crippen LogP contribution in [0.25, 0.3) is 0 Å². The van der Waals surface area contributed by atoms with Gasteiger partial charge in [0.05, 0.1) is 10.5 Å². The Kier molecular flexibility index (Phi) is 4.77. The van der Waals surface area contributed by atoms with Gasteiger partial charge in [-0.3, -0.25) is 14.9 Å². The average Bonchev–Trinajstić information content (AvgIpc) is 2.94. The molecule has 1 heterocycles. The quantitative estimate of drug-likeness (QED) is 0.515. The van der Waals surface area contributed by atoms with Crippen molar-refractivity contribution in [2.24, 2.45) is 0 Å². The number of hydrogen-bond donors (Lipinski definition) is 1. The number of likely N-dealkylation sites (tertiary alicyclic amines) is 1. The molecule has 1 aliphatic rings. The molecule has 0 aromatic heterocycles. The highest BCUT2D eigenvalue weighted by Gasteiger charge is 2.38. The predicted octanol–water partition coefficient (Wildman–Crippen LogP) is 2.25. The Hall–Kier alpha value is -2.64. The third-order valence-electron chi connectivity index (χ3n) is 3.63. The number of rotatable bonds is 3. The zero-order valence-corrected chi connectivity index (χ0v) is 13.8. The van der Waals surface area contributed by atoms with Gasteiger partial charge in [0, 0.05) is 12.6 Å². The lowest BCUT2D eigenvalue weighted by Crippen LogP contribution is -2.43. The van der Waals surface area contributed by atoms with E-state index in [2.05, 4.69) is 0 Å². The summed E-state index contributed by atoms with van der Waals surface area (Å²) in [6, 6.07) is 2.98. The summed E-state index contributed by atoms with van der Waals surface area (Å²) in [6.07, 6.45) is 1.07. The van der Waals surface area contributed by atoms with E-state index in [1.54, 1.807) is 20.8 Å². The number of para-hydroxylation sites is 1. The topological polar surface area (TPSA) is 110 Å². The van der Waals surface area contributed by atoms with Crippen LogP contribution in [0.15, 0.2) is 18.2 Å². The molecule has 0 saturated carbocycles. The van der Waals surface area contributed by atoms with Gasteiger partial charge in [-0.25, -0.2) is 4.79 Å². The molecule has 0 radical (unpaired) electrons. The second-order valence-electron chi connectivity index (χ2n) is 6.62. The molecule has 0 bridgehead atoms. The first kappa shape index (κ1) is 17.7. The molecule has 0 spiro atoms. The zero-order chi connectivity index (χ0) is 18.1. The Bertz CT molecular complexity index is 680. The van der Waals surface area contributed by atoms with E-state index < -0.39 is 39.9 Å². The molecule has 8 nitrogen and oxygen atoms in total. The van der Waals surface area contributed by atoms with Gasteiger partial charge in [-0.05, 0) is 39.7 Å². The molecule has 0 aliphatic carbocycles. The zero-order valence-electron chi connectivity index (χ0n) is 13.8. The number of nitro groups is 1. The molecule has 24 heavy (non-hydrogen) atoms. The molecule has 1 aromatic carbocycles. The molecule has 1 amide bonds. The Labute approximate surface area is 139 Å². The summed E-state index contributed by atoms with van der Waals surface area (Å²) in [5.41, 5.74) is -1.42. The van der Waals surface area contributed by atoms with E-state index >= 15 is 0 Å². The molecule has 1 saturated heterocycles. The van der Waals surface area contributed by atoms with Crippen molar-refractivity contribution in [1.29, 1.82) is 0 Å². The minimum atomic E-state index is -0.762. The normalized spacial score (nSPS) is 17.6. The first-order valence-electron chi connectivity index (χ1n) is 7.62. The van der Waals surface area contributed by atoms with Crippen molar-refractivity contribution >= 4 is 17.6 Å². The van der Waals surface area contributed by atoms with Gasteiger partial charge in [0.1, 0.15) is 11.6 Å². The van der Waals surface area contributed by atoms with Crippen molar-refractivity contribution in [2.45, 2.75) is 45.3 Å². The number of nitro benzene ring substituents is 1. The highest BCUT2D eigenvalue weighted by atomic mass is 16.6. The maximum atomic E-state index is 12.7. The van der Waals surface area contributed by atoms with Gasteiger partial charge in [0.2, 0.25) is 5.75 Å². The van der Waals surface area contributed by atoms with Gasteiger partial charge >= 0.3 is 11.7 Å². The summed E-state index contributed by atoms with van der Waals surface area (Å²) in [4.78, 5) is 36.4. The number of ether oxygens (including phenoxy) is 1. The minimum Gasteiger partial charge on any atom is -0.502 e. The van der Waals surface area contributed by atoms with Crippen LogP contribution in [0.4, 0.5) is 5.69 Å². The number of hydrogen-bond acceptors (Lipinski definition) is 6.